The second-order valence-corrected chi connectivity index (χ2v) is 4.01. The summed E-state index contributed by atoms with van der Waals surface area (Å²) in [5.74, 6) is -0.294. The summed E-state index contributed by atoms with van der Waals surface area (Å²) in [5.41, 5.74) is 0. The predicted molar refractivity (Wildman–Crippen MR) is 60.9 cm³/mol. The number of hydrogen-bond acceptors (Lipinski definition) is 4. The Kier molecular flexibility index (Phi) is 6.67. The van der Waals surface area contributed by atoms with E-state index in [0.29, 0.717) is 6.54 Å². The smallest absolute Gasteiger partial charge is 0.321 e. The van der Waals surface area contributed by atoms with Gasteiger partial charge in [0.2, 0.25) is 5.91 Å². The van der Waals surface area contributed by atoms with E-state index in [1.54, 1.807) is 6.92 Å². The van der Waals surface area contributed by atoms with Crippen LogP contribution < -0.4 is 16.0 Å². The van der Waals surface area contributed by atoms with Gasteiger partial charge in [-0.1, -0.05) is 13.8 Å². The average molecular weight is 231 g/mol. The predicted octanol–water partition coefficient (Wildman–Crippen LogP) is -0.563. The van der Waals surface area contributed by atoms with Gasteiger partial charge < -0.3 is 15.7 Å². The quantitative estimate of drug-likeness (QED) is 0.510. The number of nitrogens with one attached hydrogen (secondary N) is 3. The summed E-state index contributed by atoms with van der Waals surface area (Å²) in [6, 6.07) is -1.06. The Morgan fingerprint density at radius 2 is 1.81 bits per heavy atom. The third-order valence-electron chi connectivity index (χ3n) is 2.26. The van der Waals surface area contributed by atoms with E-state index >= 15 is 0 Å². The van der Waals surface area contributed by atoms with Crippen molar-refractivity contribution in [1.82, 2.24) is 16.0 Å². The van der Waals surface area contributed by atoms with Crippen molar-refractivity contribution in [2.75, 3.05) is 13.6 Å². The molecule has 0 aromatic carbocycles. The second-order valence-electron chi connectivity index (χ2n) is 4.01. The second kappa shape index (κ2) is 7.19. The Hall–Kier alpha value is -1.14. The maximum atomic E-state index is 11.4. The fourth-order valence-electron chi connectivity index (χ4n) is 0.909. The highest BCUT2D eigenvalue weighted by Gasteiger charge is 2.16. The Morgan fingerprint density at radius 1 is 1.25 bits per heavy atom. The third kappa shape index (κ3) is 5.67. The zero-order valence-electron chi connectivity index (χ0n) is 10.2. The molecule has 0 aromatic rings. The molecule has 6 heteroatoms. The molecule has 4 N–H and O–H groups in total. The highest BCUT2D eigenvalue weighted by atomic mass is 16.3. The van der Waals surface area contributed by atoms with Crippen LogP contribution in [0.1, 0.15) is 20.8 Å². The largest absolute Gasteiger partial charge is 0.392 e. The molecule has 0 aliphatic rings. The number of carbonyl (C=O) groups is 2. The van der Waals surface area contributed by atoms with Gasteiger partial charge >= 0.3 is 6.03 Å². The van der Waals surface area contributed by atoms with Crippen LogP contribution in [0.2, 0.25) is 0 Å². The number of hydrogen-bond donors (Lipinski definition) is 4. The lowest BCUT2D eigenvalue weighted by Gasteiger charge is -2.18. The van der Waals surface area contributed by atoms with Crippen LogP contribution in [0.5, 0.6) is 0 Å². The minimum Gasteiger partial charge on any atom is -0.392 e. The molecule has 0 spiro atoms. The highest BCUT2D eigenvalue weighted by molar-refractivity contribution is 5.96. The van der Waals surface area contributed by atoms with Crippen LogP contribution in [0.3, 0.4) is 0 Å². The Bertz CT molecular complexity index is 243. The number of imide groups is 1. The lowest BCUT2D eigenvalue weighted by molar-refractivity contribution is -0.121. The zero-order valence-corrected chi connectivity index (χ0v) is 10.2. The van der Waals surface area contributed by atoms with Crippen molar-refractivity contribution in [2.24, 2.45) is 5.92 Å². The van der Waals surface area contributed by atoms with Crippen molar-refractivity contribution in [1.29, 1.82) is 0 Å². The molecule has 0 heterocycles. The van der Waals surface area contributed by atoms with Crippen LogP contribution in [0, 0.1) is 5.92 Å². The molecule has 16 heavy (non-hydrogen) atoms. The van der Waals surface area contributed by atoms with E-state index in [2.05, 4.69) is 16.0 Å². The molecular weight excluding hydrogens is 210 g/mol. The van der Waals surface area contributed by atoms with Crippen molar-refractivity contribution < 1.29 is 14.7 Å². The monoisotopic (exact) mass is 231 g/mol. The number of aliphatic hydroxyl groups is 1. The van der Waals surface area contributed by atoms with Gasteiger partial charge in [0.25, 0.3) is 0 Å². The molecular formula is C10H21N3O3. The molecule has 0 aliphatic carbocycles. The SMILES string of the molecule is CNC(=O)NC(=O)C(C)NCC(O)C(C)C. The molecule has 2 atom stereocenters. The molecule has 3 amide bonds. The first-order chi connectivity index (χ1) is 7.38. The highest BCUT2D eigenvalue weighted by Crippen LogP contribution is 1.99. The van der Waals surface area contributed by atoms with Crippen LogP contribution in [0.25, 0.3) is 0 Å². The minimum atomic E-state index is -0.539. The molecule has 0 aliphatic heterocycles. The number of urea groups is 1. The van der Waals surface area contributed by atoms with Gasteiger partial charge in [-0.05, 0) is 12.8 Å². The van der Waals surface area contributed by atoms with Gasteiger partial charge in [-0.2, -0.15) is 0 Å². The number of carbonyl (C=O) groups excluding carboxylic acids is 2. The van der Waals surface area contributed by atoms with E-state index in [0.717, 1.165) is 0 Å². The normalized spacial score (nSPS) is 14.4. The molecule has 2 unspecified atom stereocenters. The minimum absolute atomic E-state index is 0.127. The Morgan fingerprint density at radius 3 is 2.25 bits per heavy atom. The van der Waals surface area contributed by atoms with E-state index in [9.17, 15) is 14.7 Å². The number of aliphatic hydroxyl groups excluding tert-OH is 1. The van der Waals surface area contributed by atoms with E-state index < -0.39 is 24.1 Å². The van der Waals surface area contributed by atoms with Crippen LogP contribution in [0.15, 0.2) is 0 Å². The van der Waals surface area contributed by atoms with Gasteiger partial charge in [0.05, 0.1) is 12.1 Å². The van der Waals surface area contributed by atoms with Crippen LogP contribution in [-0.4, -0.2) is 42.8 Å². The topological polar surface area (TPSA) is 90.5 Å². The summed E-state index contributed by atoms with van der Waals surface area (Å²) in [7, 11) is 1.43. The van der Waals surface area contributed by atoms with Crippen LogP contribution >= 0.6 is 0 Å². The van der Waals surface area contributed by atoms with Crippen LogP contribution in [0.4, 0.5) is 4.79 Å². The summed E-state index contributed by atoms with van der Waals surface area (Å²) < 4.78 is 0. The molecule has 0 radical (unpaired) electrons. The number of amides is 3. The molecule has 0 fully saturated rings. The Labute approximate surface area is 95.8 Å². The zero-order chi connectivity index (χ0) is 12.7. The summed E-state index contributed by atoms with van der Waals surface area (Å²) in [6.07, 6.45) is -0.504. The third-order valence-corrected chi connectivity index (χ3v) is 2.26. The first-order valence-corrected chi connectivity index (χ1v) is 5.32. The van der Waals surface area contributed by atoms with E-state index in [4.69, 9.17) is 0 Å². The molecule has 0 saturated heterocycles. The van der Waals surface area contributed by atoms with Crippen molar-refractivity contribution in [2.45, 2.75) is 32.9 Å². The lowest BCUT2D eigenvalue weighted by atomic mass is 10.1. The number of rotatable bonds is 5. The Balaban J connectivity index is 3.92. The summed E-state index contributed by atoms with van der Waals surface area (Å²) in [6.45, 7) is 5.73. The average Bonchev–Trinajstić information content (AvgIpc) is 2.24. The molecule has 94 valence electrons. The van der Waals surface area contributed by atoms with Gasteiger partial charge in [-0.25, -0.2) is 4.79 Å². The standard InChI is InChI=1S/C10H21N3O3/c1-6(2)8(14)5-12-7(3)9(15)13-10(16)11-4/h6-8,12,14H,5H2,1-4H3,(H2,11,13,15,16). The van der Waals surface area contributed by atoms with E-state index in [1.165, 1.54) is 7.05 Å². The van der Waals surface area contributed by atoms with Gasteiger partial charge in [0.1, 0.15) is 0 Å². The van der Waals surface area contributed by atoms with Gasteiger partial charge in [0.15, 0.2) is 0 Å². The van der Waals surface area contributed by atoms with Gasteiger partial charge in [-0.15, -0.1) is 0 Å². The first kappa shape index (κ1) is 14.9. The van der Waals surface area contributed by atoms with Gasteiger partial charge in [0, 0.05) is 13.6 Å². The first-order valence-electron chi connectivity index (χ1n) is 5.32. The summed E-state index contributed by atoms with van der Waals surface area (Å²) in [4.78, 5) is 22.2. The van der Waals surface area contributed by atoms with Crippen molar-refractivity contribution >= 4 is 11.9 Å². The molecule has 6 nitrogen and oxygen atoms in total. The van der Waals surface area contributed by atoms with Crippen molar-refractivity contribution in [3.8, 4) is 0 Å². The van der Waals surface area contributed by atoms with E-state index in [-0.39, 0.29) is 5.92 Å². The summed E-state index contributed by atoms with van der Waals surface area (Å²) >= 11 is 0. The maximum Gasteiger partial charge on any atom is 0.321 e. The van der Waals surface area contributed by atoms with E-state index in [1.807, 2.05) is 13.8 Å². The summed E-state index contributed by atoms with van der Waals surface area (Å²) in [5, 5.41) is 16.8. The molecule has 0 aromatic heterocycles. The molecule has 0 rings (SSSR count). The fraction of sp³-hybridized carbons (Fsp3) is 0.800. The van der Waals surface area contributed by atoms with Crippen LogP contribution in [-0.2, 0) is 4.79 Å². The molecule has 0 saturated carbocycles. The van der Waals surface area contributed by atoms with Gasteiger partial charge in [-0.3, -0.25) is 10.1 Å². The van der Waals surface area contributed by atoms with Crippen molar-refractivity contribution in [3.05, 3.63) is 0 Å². The fourth-order valence-corrected chi connectivity index (χ4v) is 0.909. The molecule has 0 bridgehead atoms. The lowest BCUT2D eigenvalue weighted by Crippen LogP contribution is -2.49. The maximum absolute atomic E-state index is 11.4. The van der Waals surface area contributed by atoms with Crippen molar-refractivity contribution in [3.63, 3.8) is 0 Å².